The molecule has 0 saturated heterocycles. The van der Waals surface area contributed by atoms with Crippen LogP contribution in [0.3, 0.4) is 0 Å². The van der Waals surface area contributed by atoms with Gasteiger partial charge in [0.2, 0.25) is 10.0 Å². The number of methoxy groups -OCH3 is 2. The van der Waals surface area contributed by atoms with Gasteiger partial charge in [-0.1, -0.05) is 0 Å². The Hall–Kier alpha value is -2.46. The third-order valence-electron chi connectivity index (χ3n) is 3.10. The highest BCUT2D eigenvalue weighted by Gasteiger charge is 2.25. The van der Waals surface area contributed by atoms with Crippen molar-refractivity contribution < 1.29 is 37.4 Å². The van der Waals surface area contributed by atoms with Crippen LogP contribution < -0.4 is 0 Å². The standard InChI is InChI=1S/C14H17NO8S/c1-15(5-4-12(16)17)24(20,21)11-7-9(13(18)22-2)6-10(8-11)14(19)23-3/h6-8H,4-5H2,1-3H3,(H,16,17). The van der Waals surface area contributed by atoms with E-state index in [1.165, 1.54) is 7.05 Å². The molecule has 0 fully saturated rings. The number of carboxylic acids is 1. The summed E-state index contributed by atoms with van der Waals surface area (Å²) >= 11 is 0. The van der Waals surface area contributed by atoms with E-state index in [9.17, 15) is 22.8 Å². The van der Waals surface area contributed by atoms with Crippen LogP contribution in [0.1, 0.15) is 27.1 Å². The SMILES string of the molecule is COC(=O)c1cc(C(=O)OC)cc(S(=O)(=O)N(C)CCC(=O)O)c1. The van der Waals surface area contributed by atoms with Crippen molar-refractivity contribution in [1.82, 2.24) is 4.31 Å². The van der Waals surface area contributed by atoms with E-state index >= 15 is 0 Å². The van der Waals surface area contributed by atoms with Gasteiger partial charge >= 0.3 is 17.9 Å². The molecule has 0 radical (unpaired) electrons. The Kier molecular flexibility index (Phi) is 6.43. The Labute approximate surface area is 138 Å². The fourth-order valence-corrected chi connectivity index (χ4v) is 3.02. The first-order valence-corrected chi connectivity index (χ1v) is 8.07. The predicted molar refractivity (Wildman–Crippen MR) is 81.2 cm³/mol. The van der Waals surface area contributed by atoms with Gasteiger partial charge in [-0.2, -0.15) is 0 Å². The molecule has 9 nitrogen and oxygen atoms in total. The number of carbonyl (C=O) groups is 3. The quantitative estimate of drug-likeness (QED) is 0.691. The number of sulfonamides is 1. The van der Waals surface area contributed by atoms with Gasteiger partial charge in [-0.05, 0) is 18.2 Å². The second kappa shape index (κ2) is 7.88. The molecule has 0 unspecified atom stereocenters. The maximum atomic E-state index is 12.5. The largest absolute Gasteiger partial charge is 0.481 e. The summed E-state index contributed by atoms with van der Waals surface area (Å²) in [6, 6.07) is 3.24. The van der Waals surface area contributed by atoms with Crippen LogP contribution in [0.15, 0.2) is 23.1 Å². The molecule has 0 atom stereocenters. The summed E-state index contributed by atoms with van der Waals surface area (Å²) in [5, 5.41) is 8.65. The first-order valence-electron chi connectivity index (χ1n) is 6.63. The Bertz CT molecular complexity index is 722. The van der Waals surface area contributed by atoms with Gasteiger partial charge < -0.3 is 14.6 Å². The number of rotatable bonds is 7. The summed E-state index contributed by atoms with van der Waals surface area (Å²) in [6.45, 7) is -0.270. The van der Waals surface area contributed by atoms with Crippen LogP contribution >= 0.6 is 0 Å². The fraction of sp³-hybridized carbons (Fsp3) is 0.357. The number of ether oxygens (including phenoxy) is 2. The number of carboxylic acid groups (broad SMARTS) is 1. The fourth-order valence-electron chi connectivity index (χ4n) is 1.77. The molecule has 10 heteroatoms. The van der Waals surface area contributed by atoms with Gasteiger partial charge in [-0.15, -0.1) is 0 Å². The van der Waals surface area contributed by atoms with E-state index in [1.54, 1.807) is 0 Å². The minimum atomic E-state index is -4.11. The average molecular weight is 359 g/mol. The van der Waals surface area contributed by atoms with Crippen LogP contribution in [-0.2, 0) is 24.3 Å². The molecule has 24 heavy (non-hydrogen) atoms. The number of hydrogen-bond acceptors (Lipinski definition) is 7. The smallest absolute Gasteiger partial charge is 0.337 e. The zero-order valence-electron chi connectivity index (χ0n) is 13.3. The van der Waals surface area contributed by atoms with E-state index < -0.39 is 34.4 Å². The number of benzene rings is 1. The zero-order chi connectivity index (χ0) is 18.5. The van der Waals surface area contributed by atoms with Crippen molar-refractivity contribution in [1.29, 1.82) is 0 Å². The third kappa shape index (κ3) is 4.52. The van der Waals surface area contributed by atoms with E-state index in [4.69, 9.17) is 5.11 Å². The van der Waals surface area contributed by atoms with Crippen molar-refractivity contribution in [2.45, 2.75) is 11.3 Å². The van der Waals surface area contributed by atoms with Crippen molar-refractivity contribution in [3.63, 3.8) is 0 Å². The lowest BCUT2D eigenvalue weighted by Crippen LogP contribution is -2.29. The highest BCUT2D eigenvalue weighted by Crippen LogP contribution is 2.20. The summed E-state index contributed by atoms with van der Waals surface area (Å²) < 4.78 is 34.9. The minimum Gasteiger partial charge on any atom is -0.481 e. The molecule has 0 aliphatic rings. The first kappa shape index (κ1) is 19.6. The lowest BCUT2D eigenvalue weighted by molar-refractivity contribution is -0.137. The molecule has 1 N–H and O–H groups in total. The summed E-state index contributed by atoms with van der Waals surface area (Å²) in [5.41, 5.74) is -0.295. The van der Waals surface area contributed by atoms with Crippen molar-refractivity contribution in [2.75, 3.05) is 27.8 Å². The Morgan fingerprint density at radius 3 is 1.88 bits per heavy atom. The number of nitrogens with zero attached hydrogens (tertiary/aromatic N) is 1. The maximum Gasteiger partial charge on any atom is 0.337 e. The van der Waals surface area contributed by atoms with Gasteiger partial charge in [0.25, 0.3) is 0 Å². The van der Waals surface area contributed by atoms with Crippen LogP contribution in [0.2, 0.25) is 0 Å². The van der Waals surface area contributed by atoms with Crippen LogP contribution in [0, 0.1) is 0 Å². The highest BCUT2D eigenvalue weighted by atomic mass is 32.2. The second-order valence-corrected chi connectivity index (χ2v) is 6.74. The zero-order valence-corrected chi connectivity index (χ0v) is 14.1. The Morgan fingerprint density at radius 2 is 1.50 bits per heavy atom. The van der Waals surface area contributed by atoms with E-state index in [0.29, 0.717) is 0 Å². The van der Waals surface area contributed by atoms with Crippen molar-refractivity contribution in [2.24, 2.45) is 0 Å². The highest BCUT2D eigenvalue weighted by molar-refractivity contribution is 7.89. The molecule has 0 amide bonds. The lowest BCUT2D eigenvalue weighted by atomic mass is 10.1. The third-order valence-corrected chi connectivity index (χ3v) is 4.93. The van der Waals surface area contributed by atoms with E-state index in [2.05, 4.69) is 9.47 Å². The Morgan fingerprint density at radius 1 is 1.04 bits per heavy atom. The lowest BCUT2D eigenvalue weighted by Gasteiger charge is -2.17. The Balaban J connectivity index is 3.37. The van der Waals surface area contributed by atoms with E-state index in [1.807, 2.05) is 0 Å². The topological polar surface area (TPSA) is 127 Å². The maximum absolute atomic E-state index is 12.5. The minimum absolute atomic E-state index is 0.148. The normalized spacial score (nSPS) is 11.2. The molecule has 0 saturated carbocycles. The summed E-state index contributed by atoms with van der Waals surface area (Å²) in [5.74, 6) is -2.81. The van der Waals surface area contributed by atoms with Gasteiger partial charge in [0.05, 0.1) is 36.7 Å². The van der Waals surface area contributed by atoms with Gasteiger partial charge in [0.1, 0.15) is 0 Å². The number of carbonyl (C=O) groups excluding carboxylic acids is 2. The molecule has 132 valence electrons. The molecular formula is C14H17NO8S. The summed E-state index contributed by atoms with van der Waals surface area (Å²) in [7, 11) is -0.691. The molecule has 0 spiro atoms. The molecule has 0 aliphatic carbocycles. The van der Waals surface area contributed by atoms with Gasteiger partial charge in [-0.3, -0.25) is 4.79 Å². The summed E-state index contributed by atoms with van der Waals surface area (Å²) in [6.07, 6.45) is -0.393. The van der Waals surface area contributed by atoms with Crippen LogP contribution in [0.5, 0.6) is 0 Å². The molecule has 0 aromatic heterocycles. The van der Waals surface area contributed by atoms with Crippen molar-refractivity contribution in [3.8, 4) is 0 Å². The van der Waals surface area contributed by atoms with Crippen LogP contribution in [0.25, 0.3) is 0 Å². The number of aliphatic carboxylic acids is 1. The number of hydrogen-bond donors (Lipinski definition) is 1. The first-order chi connectivity index (χ1) is 11.1. The molecule has 1 rings (SSSR count). The number of esters is 2. The molecule has 0 aliphatic heterocycles. The molecular weight excluding hydrogens is 342 g/mol. The molecule has 1 aromatic rings. The average Bonchev–Trinajstić information content (AvgIpc) is 2.57. The van der Waals surface area contributed by atoms with Crippen molar-refractivity contribution >= 4 is 27.9 Å². The van der Waals surface area contributed by atoms with Crippen LogP contribution in [0.4, 0.5) is 0 Å². The molecule has 1 aromatic carbocycles. The van der Waals surface area contributed by atoms with Crippen molar-refractivity contribution in [3.05, 3.63) is 29.3 Å². The van der Waals surface area contributed by atoms with Gasteiger partial charge in [-0.25, -0.2) is 22.3 Å². The van der Waals surface area contributed by atoms with Gasteiger partial charge in [0, 0.05) is 13.6 Å². The second-order valence-electron chi connectivity index (χ2n) is 4.70. The summed E-state index contributed by atoms with van der Waals surface area (Å²) in [4.78, 5) is 33.6. The monoisotopic (exact) mass is 359 g/mol. The molecule has 0 bridgehead atoms. The van der Waals surface area contributed by atoms with E-state index in [0.717, 1.165) is 36.7 Å². The van der Waals surface area contributed by atoms with Crippen LogP contribution in [-0.4, -0.2) is 63.5 Å². The van der Waals surface area contributed by atoms with E-state index in [-0.39, 0.29) is 22.6 Å². The molecule has 0 heterocycles. The predicted octanol–water partition coefficient (Wildman–Crippen LogP) is 0.355. The van der Waals surface area contributed by atoms with Gasteiger partial charge in [0.15, 0.2) is 0 Å².